The summed E-state index contributed by atoms with van der Waals surface area (Å²) in [4.78, 5) is 42.5. The van der Waals surface area contributed by atoms with Crippen LogP contribution in [0.25, 0.3) is 10.9 Å². The van der Waals surface area contributed by atoms with Gasteiger partial charge < -0.3 is 26.0 Å². The Hall–Kier alpha value is -3.65. The first-order valence-corrected chi connectivity index (χ1v) is 11.1. The highest BCUT2D eigenvalue weighted by Gasteiger charge is 2.38. The second kappa shape index (κ2) is 9.87. The summed E-state index contributed by atoms with van der Waals surface area (Å²) < 4.78 is 0. The van der Waals surface area contributed by atoms with E-state index in [1.165, 1.54) is 4.90 Å². The molecule has 0 bridgehead atoms. The van der Waals surface area contributed by atoms with E-state index in [2.05, 4.69) is 10.3 Å². The number of fused-ring (bicyclic) bond motifs is 1. The van der Waals surface area contributed by atoms with E-state index in [4.69, 9.17) is 5.73 Å². The number of carboxylic acids is 1. The quantitative estimate of drug-likeness (QED) is 0.418. The Labute approximate surface area is 191 Å². The molecule has 1 saturated heterocycles. The van der Waals surface area contributed by atoms with Crippen molar-refractivity contribution in [3.05, 3.63) is 71.9 Å². The van der Waals surface area contributed by atoms with Crippen LogP contribution in [0.5, 0.6) is 0 Å². The van der Waals surface area contributed by atoms with E-state index >= 15 is 0 Å². The van der Waals surface area contributed by atoms with Crippen LogP contribution in [0.1, 0.15) is 24.0 Å². The number of carbonyl (C=O) groups excluding carboxylic acids is 2. The van der Waals surface area contributed by atoms with Gasteiger partial charge in [0.1, 0.15) is 12.1 Å². The third-order valence-corrected chi connectivity index (χ3v) is 6.17. The molecular weight excluding hydrogens is 420 g/mol. The molecule has 0 saturated carbocycles. The van der Waals surface area contributed by atoms with Crippen molar-refractivity contribution in [3.8, 4) is 0 Å². The van der Waals surface area contributed by atoms with Crippen molar-refractivity contribution in [1.29, 1.82) is 0 Å². The molecule has 0 spiro atoms. The van der Waals surface area contributed by atoms with Gasteiger partial charge in [-0.05, 0) is 36.5 Å². The van der Waals surface area contributed by atoms with Gasteiger partial charge in [-0.3, -0.25) is 9.59 Å². The van der Waals surface area contributed by atoms with E-state index in [0.29, 0.717) is 25.8 Å². The summed E-state index contributed by atoms with van der Waals surface area (Å²) in [6, 6.07) is 14.5. The zero-order chi connectivity index (χ0) is 23.4. The number of likely N-dealkylation sites (tertiary alicyclic amines) is 1. The molecule has 8 heteroatoms. The van der Waals surface area contributed by atoms with Gasteiger partial charge in [0.05, 0.1) is 6.04 Å². The van der Waals surface area contributed by atoms with Crippen molar-refractivity contribution in [2.75, 3.05) is 6.54 Å². The van der Waals surface area contributed by atoms with Crippen LogP contribution in [0.4, 0.5) is 0 Å². The molecule has 3 atom stereocenters. The first-order chi connectivity index (χ1) is 15.9. The van der Waals surface area contributed by atoms with Gasteiger partial charge >= 0.3 is 5.97 Å². The van der Waals surface area contributed by atoms with Crippen LogP contribution in [-0.4, -0.2) is 57.4 Å². The van der Waals surface area contributed by atoms with E-state index in [0.717, 1.165) is 22.0 Å². The summed E-state index contributed by atoms with van der Waals surface area (Å²) in [5.74, 6) is -1.86. The summed E-state index contributed by atoms with van der Waals surface area (Å²) in [5, 5.41) is 13.3. The van der Waals surface area contributed by atoms with Gasteiger partial charge in [0.15, 0.2) is 0 Å². The number of aromatic nitrogens is 1. The van der Waals surface area contributed by atoms with E-state index in [-0.39, 0.29) is 6.42 Å². The smallest absolute Gasteiger partial charge is 0.326 e. The lowest BCUT2D eigenvalue weighted by Crippen LogP contribution is -2.55. The summed E-state index contributed by atoms with van der Waals surface area (Å²) in [7, 11) is 0. The molecule has 0 aliphatic carbocycles. The Balaban J connectivity index is 1.50. The van der Waals surface area contributed by atoms with Crippen molar-refractivity contribution in [1.82, 2.24) is 15.2 Å². The van der Waals surface area contributed by atoms with E-state index in [9.17, 15) is 19.5 Å². The van der Waals surface area contributed by atoms with Crippen LogP contribution in [0, 0.1) is 0 Å². The lowest BCUT2D eigenvalue weighted by molar-refractivity contribution is -0.149. The Morgan fingerprint density at radius 2 is 1.82 bits per heavy atom. The molecule has 3 aromatic rings. The largest absolute Gasteiger partial charge is 0.480 e. The highest BCUT2D eigenvalue weighted by Crippen LogP contribution is 2.21. The molecule has 2 amide bonds. The molecule has 5 N–H and O–H groups in total. The number of benzene rings is 2. The Morgan fingerprint density at radius 1 is 1.09 bits per heavy atom. The van der Waals surface area contributed by atoms with Crippen LogP contribution in [0.3, 0.4) is 0 Å². The van der Waals surface area contributed by atoms with E-state index in [1.54, 1.807) is 0 Å². The molecule has 1 aliphatic rings. The molecule has 8 nitrogen and oxygen atoms in total. The van der Waals surface area contributed by atoms with Crippen LogP contribution >= 0.6 is 0 Å². The molecule has 0 unspecified atom stereocenters. The van der Waals surface area contributed by atoms with Crippen molar-refractivity contribution >= 4 is 28.7 Å². The number of aromatic amines is 1. The SMILES string of the molecule is N[C@@H](Cc1c[nH]c2ccccc12)C(=O)N[C@@H](Cc1ccccc1)C(=O)N1CCC[C@@H]1C(=O)O. The highest BCUT2D eigenvalue weighted by atomic mass is 16.4. The average Bonchev–Trinajstić information content (AvgIpc) is 3.47. The molecule has 4 rings (SSSR count). The summed E-state index contributed by atoms with van der Waals surface area (Å²) in [6.45, 7) is 0.359. The van der Waals surface area contributed by atoms with Crippen LogP contribution < -0.4 is 11.1 Å². The normalized spacial score (nSPS) is 17.6. The zero-order valence-electron chi connectivity index (χ0n) is 18.2. The minimum Gasteiger partial charge on any atom is -0.480 e. The molecule has 2 aromatic carbocycles. The van der Waals surface area contributed by atoms with Gasteiger partial charge in [0.25, 0.3) is 0 Å². The van der Waals surface area contributed by atoms with Gasteiger partial charge in [-0.1, -0.05) is 48.5 Å². The second-order valence-electron chi connectivity index (χ2n) is 8.45. The Morgan fingerprint density at radius 3 is 2.58 bits per heavy atom. The molecule has 1 aromatic heterocycles. The number of carboxylic acid groups (broad SMARTS) is 1. The minimum atomic E-state index is -1.03. The lowest BCUT2D eigenvalue weighted by Gasteiger charge is -2.28. The maximum absolute atomic E-state index is 13.3. The molecule has 172 valence electrons. The first kappa shape index (κ1) is 22.5. The number of para-hydroxylation sites is 1. The third kappa shape index (κ3) is 5.06. The van der Waals surface area contributed by atoms with Crippen molar-refractivity contribution in [2.45, 2.75) is 43.8 Å². The van der Waals surface area contributed by atoms with Gasteiger partial charge in [0.2, 0.25) is 11.8 Å². The van der Waals surface area contributed by atoms with Crippen LogP contribution in [0.15, 0.2) is 60.8 Å². The number of aliphatic carboxylic acids is 1. The minimum absolute atomic E-state index is 0.258. The standard InChI is InChI=1S/C25H28N4O4/c26-19(14-17-15-27-20-10-5-4-9-18(17)20)23(30)28-21(13-16-7-2-1-3-8-16)24(31)29-12-6-11-22(29)25(32)33/h1-5,7-10,15,19,21-22,27H,6,11-14,26H2,(H,28,30)(H,32,33)/t19-,21-,22+/m0/s1. The number of carbonyl (C=O) groups is 3. The van der Waals surface area contributed by atoms with E-state index < -0.39 is 35.9 Å². The maximum Gasteiger partial charge on any atom is 0.326 e. The van der Waals surface area contributed by atoms with Gasteiger partial charge in [-0.25, -0.2) is 4.79 Å². The van der Waals surface area contributed by atoms with Crippen molar-refractivity contribution in [3.63, 3.8) is 0 Å². The van der Waals surface area contributed by atoms with Crippen molar-refractivity contribution < 1.29 is 19.5 Å². The molecule has 1 aliphatic heterocycles. The number of hydrogen-bond acceptors (Lipinski definition) is 4. The number of rotatable bonds is 8. The fraction of sp³-hybridized carbons (Fsp3) is 0.320. The first-order valence-electron chi connectivity index (χ1n) is 11.1. The number of H-pyrrole nitrogens is 1. The molecule has 1 fully saturated rings. The zero-order valence-corrected chi connectivity index (χ0v) is 18.2. The van der Waals surface area contributed by atoms with Crippen LogP contribution in [-0.2, 0) is 27.2 Å². The average molecular weight is 449 g/mol. The Kier molecular flexibility index (Phi) is 6.74. The number of nitrogens with two attached hydrogens (primary N) is 1. The molecule has 33 heavy (non-hydrogen) atoms. The predicted octanol–water partition coefficient (Wildman–Crippen LogP) is 1.84. The van der Waals surface area contributed by atoms with Crippen LogP contribution in [0.2, 0.25) is 0 Å². The fourth-order valence-electron chi connectivity index (χ4n) is 4.45. The molecule has 0 radical (unpaired) electrons. The fourth-order valence-corrected chi connectivity index (χ4v) is 4.45. The molecule has 2 heterocycles. The second-order valence-corrected chi connectivity index (χ2v) is 8.45. The monoisotopic (exact) mass is 448 g/mol. The number of nitrogens with one attached hydrogen (secondary N) is 2. The summed E-state index contributed by atoms with van der Waals surface area (Å²) in [6.07, 6.45) is 3.44. The summed E-state index contributed by atoms with van der Waals surface area (Å²) >= 11 is 0. The summed E-state index contributed by atoms with van der Waals surface area (Å²) in [5.41, 5.74) is 8.98. The number of nitrogens with zero attached hydrogens (tertiary/aromatic N) is 1. The third-order valence-electron chi connectivity index (χ3n) is 6.17. The Bertz CT molecular complexity index is 1140. The number of amides is 2. The predicted molar refractivity (Wildman–Crippen MR) is 124 cm³/mol. The number of hydrogen-bond donors (Lipinski definition) is 4. The van der Waals surface area contributed by atoms with Crippen molar-refractivity contribution in [2.24, 2.45) is 5.73 Å². The topological polar surface area (TPSA) is 129 Å². The van der Waals surface area contributed by atoms with Gasteiger partial charge in [0, 0.05) is 30.1 Å². The lowest BCUT2D eigenvalue weighted by atomic mass is 10.0. The van der Waals surface area contributed by atoms with Gasteiger partial charge in [-0.2, -0.15) is 0 Å². The maximum atomic E-state index is 13.3. The van der Waals surface area contributed by atoms with Gasteiger partial charge in [-0.15, -0.1) is 0 Å². The highest BCUT2D eigenvalue weighted by molar-refractivity contribution is 5.93. The van der Waals surface area contributed by atoms with E-state index in [1.807, 2.05) is 60.8 Å². The molecular formula is C25H28N4O4.